The summed E-state index contributed by atoms with van der Waals surface area (Å²) in [4.78, 5) is 38.3. The van der Waals surface area contributed by atoms with Crippen LogP contribution in [0.15, 0.2) is 60.4 Å². The standard InChI is InChI=1S/C22H20N4O4/c1-25-12-14(15-7-3-5-9-18(15)25)11-17-21(28)26(22(29)24-17)13-20(27)23-16-8-4-6-10-19(16)30-2/h3-12H,13H2,1-2H3,(H,23,27)(H,24,29)/b17-11+. The van der Waals surface area contributed by atoms with E-state index < -0.39 is 24.4 Å². The molecule has 2 heterocycles. The molecule has 1 aliphatic heterocycles. The molecule has 0 atom stereocenters. The van der Waals surface area contributed by atoms with Crippen molar-refractivity contribution in [2.45, 2.75) is 0 Å². The molecule has 8 heteroatoms. The van der Waals surface area contributed by atoms with Crippen LogP contribution in [0.4, 0.5) is 10.5 Å². The Labute approximate surface area is 172 Å². The second-order valence-electron chi connectivity index (χ2n) is 6.84. The number of methoxy groups -OCH3 is 1. The number of rotatable bonds is 5. The van der Waals surface area contributed by atoms with Crippen LogP contribution in [-0.2, 0) is 16.6 Å². The Balaban J connectivity index is 1.52. The molecule has 1 saturated heterocycles. The average Bonchev–Trinajstić information content (AvgIpc) is 3.20. The van der Waals surface area contributed by atoms with Gasteiger partial charge in [-0.15, -0.1) is 0 Å². The number of hydrogen-bond donors (Lipinski definition) is 2. The van der Waals surface area contributed by atoms with Crippen LogP contribution in [0.5, 0.6) is 5.75 Å². The summed E-state index contributed by atoms with van der Waals surface area (Å²) in [7, 11) is 3.40. The summed E-state index contributed by atoms with van der Waals surface area (Å²) in [5.74, 6) is -0.572. The molecule has 152 valence electrons. The zero-order valence-electron chi connectivity index (χ0n) is 16.5. The maximum absolute atomic E-state index is 12.7. The third kappa shape index (κ3) is 3.50. The fourth-order valence-electron chi connectivity index (χ4n) is 3.44. The number of urea groups is 1. The third-order valence-electron chi connectivity index (χ3n) is 4.87. The van der Waals surface area contributed by atoms with Crippen LogP contribution in [0.3, 0.4) is 0 Å². The Kier molecular flexibility index (Phi) is 4.97. The summed E-state index contributed by atoms with van der Waals surface area (Å²) in [6, 6.07) is 14.0. The second-order valence-corrected chi connectivity index (χ2v) is 6.84. The lowest BCUT2D eigenvalue weighted by Gasteiger charge is -2.13. The molecule has 4 rings (SSSR count). The Morgan fingerprint density at radius 3 is 2.67 bits per heavy atom. The zero-order chi connectivity index (χ0) is 21.3. The molecule has 0 unspecified atom stereocenters. The SMILES string of the molecule is COc1ccccc1NC(=O)CN1C(=O)N/C(=C/c2cn(C)c3ccccc23)C1=O. The van der Waals surface area contributed by atoms with Crippen molar-refractivity contribution in [3.8, 4) is 5.75 Å². The molecule has 0 spiro atoms. The largest absolute Gasteiger partial charge is 0.495 e. The first-order valence-electron chi connectivity index (χ1n) is 9.29. The molecule has 1 aromatic heterocycles. The summed E-state index contributed by atoms with van der Waals surface area (Å²) in [6.45, 7) is -0.407. The van der Waals surface area contributed by atoms with Crippen LogP contribution in [0.2, 0.25) is 0 Å². The number of benzene rings is 2. The molecular weight excluding hydrogens is 384 g/mol. The van der Waals surface area contributed by atoms with Gasteiger partial charge in [-0.05, 0) is 24.3 Å². The van der Waals surface area contributed by atoms with Gasteiger partial charge in [0.1, 0.15) is 18.0 Å². The molecule has 0 saturated carbocycles. The van der Waals surface area contributed by atoms with Gasteiger partial charge in [-0.25, -0.2) is 9.69 Å². The zero-order valence-corrected chi connectivity index (χ0v) is 16.5. The van der Waals surface area contributed by atoms with Gasteiger partial charge >= 0.3 is 6.03 Å². The van der Waals surface area contributed by atoms with Gasteiger partial charge in [-0.3, -0.25) is 9.59 Å². The summed E-state index contributed by atoms with van der Waals surface area (Å²) < 4.78 is 7.14. The summed E-state index contributed by atoms with van der Waals surface area (Å²) in [5, 5.41) is 6.17. The van der Waals surface area contributed by atoms with Crippen LogP contribution in [0, 0.1) is 0 Å². The highest BCUT2D eigenvalue weighted by Gasteiger charge is 2.35. The number of nitrogens with zero attached hydrogens (tertiary/aromatic N) is 2. The fraction of sp³-hybridized carbons (Fsp3) is 0.136. The number of amides is 4. The van der Waals surface area contributed by atoms with Crippen molar-refractivity contribution in [1.82, 2.24) is 14.8 Å². The molecular formula is C22H20N4O4. The molecule has 0 radical (unpaired) electrons. The van der Waals surface area contributed by atoms with Gasteiger partial charge in [-0.2, -0.15) is 0 Å². The molecule has 4 amide bonds. The van der Waals surface area contributed by atoms with Gasteiger partial charge in [0, 0.05) is 29.7 Å². The Bertz CT molecular complexity index is 1190. The number of fused-ring (bicyclic) bond motifs is 1. The number of aryl methyl sites for hydroxylation is 1. The smallest absolute Gasteiger partial charge is 0.329 e. The van der Waals surface area contributed by atoms with Crippen LogP contribution >= 0.6 is 0 Å². The average molecular weight is 404 g/mol. The van der Waals surface area contributed by atoms with E-state index in [1.807, 2.05) is 42.1 Å². The lowest BCUT2D eigenvalue weighted by Crippen LogP contribution is -2.38. The minimum atomic E-state index is -0.637. The molecule has 1 fully saturated rings. The quantitative estimate of drug-likeness (QED) is 0.505. The minimum Gasteiger partial charge on any atom is -0.495 e. The number of aromatic nitrogens is 1. The molecule has 2 aromatic carbocycles. The first-order valence-corrected chi connectivity index (χ1v) is 9.29. The summed E-state index contributed by atoms with van der Waals surface area (Å²) in [6.07, 6.45) is 3.51. The number of para-hydroxylation sites is 3. The number of carbonyl (C=O) groups excluding carboxylic acids is 3. The van der Waals surface area contributed by atoms with Gasteiger partial charge < -0.3 is 19.9 Å². The van der Waals surface area contributed by atoms with Crippen molar-refractivity contribution < 1.29 is 19.1 Å². The molecule has 2 N–H and O–H groups in total. The lowest BCUT2D eigenvalue weighted by atomic mass is 10.1. The first kappa shape index (κ1) is 19.3. The van der Waals surface area contributed by atoms with Crippen LogP contribution in [-0.4, -0.2) is 41.0 Å². The van der Waals surface area contributed by atoms with Gasteiger partial charge in [0.25, 0.3) is 5.91 Å². The molecule has 8 nitrogen and oxygen atoms in total. The van der Waals surface area contributed by atoms with Crippen molar-refractivity contribution in [2.75, 3.05) is 19.0 Å². The Morgan fingerprint density at radius 2 is 1.87 bits per heavy atom. The monoisotopic (exact) mass is 404 g/mol. The van der Waals surface area contributed by atoms with Gasteiger partial charge in [0.05, 0.1) is 12.8 Å². The van der Waals surface area contributed by atoms with Crippen molar-refractivity contribution in [2.24, 2.45) is 7.05 Å². The topological polar surface area (TPSA) is 92.7 Å². The van der Waals surface area contributed by atoms with E-state index >= 15 is 0 Å². The van der Waals surface area contributed by atoms with E-state index in [4.69, 9.17) is 4.74 Å². The number of nitrogens with one attached hydrogen (secondary N) is 2. The van der Waals surface area contributed by atoms with E-state index in [9.17, 15) is 14.4 Å². The fourth-order valence-corrected chi connectivity index (χ4v) is 3.44. The summed E-state index contributed by atoms with van der Waals surface area (Å²) in [5.41, 5.74) is 2.40. The number of anilines is 1. The second kappa shape index (κ2) is 7.75. The van der Waals surface area contributed by atoms with E-state index in [2.05, 4.69) is 10.6 Å². The van der Waals surface area contributed by atoms with Crippen molar-refractivity contribution >= 4 is 40.5 Å². The number of hydrogen-bond acceptors (Lipinski definition) is 4. The highest BCUT2D eigenvalue weighted by molar-refractivity contribution is 6.16. The van der Waals surface area contributed by atoms with Gasteiger partial charge in [0.15, 0.2) is 0 Å². The minimum absolute atomic E-state index is 0.126. The highest BCUT2D eigenvalue weighted by atomic mass is 16.5. The number of carbonyl (C=O) groups is 3. The highest BCUT2D eigenvalue weighted by Crippen LogP contribution is 2.25. The predicted octanol–water partition coefficient (Wildman–Crippen LogP) is 2.72. The Morgan fingerprint density at radius 1 is 1.13 bits per heavy atom. The van der Waals surface area contributed by atoms with E-state index in [-0.39, 0.29) is 5.70 Å². The van der Waals surface area contributed by atoms with Crippen molar-refractivity contribution in [3.05, 3.63) is 66.0 Å². The molecule has 1 aliphatic rings. The third-order valence-corrected chi connectivity index (χ3v) is 4.87. The van der Waals surface area contributed by atoms with E-state index in [0.29, 0.717) is 11.4 Å². The Hall–Kier alpha value is -4.07. The predicted molar refractivity (Wildman–Crippen MR) is 113 cm³/mol. The van der Waals surface area contributed by atoms with Crippen molar-refractivity contribution in [3.63, 3.8) is 0 Å². The van der Waals surface area contributed by atoms with Gasteiger partial charge in [0.2, 0.25) is 5.91 Å². The van der Waals surface area contributed by atoms with E-state index in [1.54, 1.807) is 30.3 Å². The maximum atomic E-state index is 12.7. The summed E-state index contributed by atoms with van der Waals surface area (Å²) >= 11 is 0. The lowest BCUT2D eigenvalue weighted by molar-refractivity contribution is -0.127. The number of imide groups is 1. The van der Waals surface area contributed by atoms with Gasteiger partial charge in [-0.1, -0.05) is 30.3 Å². The maximum Gasteiger partial charge on any atom is 0.329 e. The number of ether oxygens (including phenoxy) is 1. The van der Waals surface area contributed by atoms with Crippen LogP contribution in [0.1, 0.15) is 5.56 Å². The van der Waals surface area contributed by atoms with Crippen LogP contribution in [0.25, 0.3) is 17.0 Å². The van der Waals surface area contributed by atoms with Crippen LogP contribution < -0.4 is 15.4 Å². The molecule has 30 heavy (non-hydrogen) atoms. The van der Waals surface area contributed by atoms with E-state index in [1.165, 1.54) is 7.11 Å². The normalized spacial score (nSPS) is 15.0. The molecule has 0 aliphatic carbocycles. The molecule has 0 bridgehead atoms. The molecule has 3 aromatic rings. The first-order chi connectivity index (χ1) is 14.5. The van der Waals surface area contributed by atoms with Crippen molar-refractivity contribution in [1.29, 1.82) is 0 Å². The van der Waals surface area contributed by atoms with E-state index in [0.717, 1.165) is 21.4 Å².